The molecule has 1 saturated carbocycles. The fourth-order valence-corrected chi connectivity index (χ4v) is 2.82. The average molecular weight is 325 g/mol. The van der Waals surface area contributed by atoms with Gasteiger partial charge in [0, 0.05) is 35.3 Å². The predicted octanol–water partition coefficient (Wildman–Crippen LogP) is 4.33. The summed E-state index contributed by atoms with van der Waals surface area (Å²) in [6, 6.07) is 7.96. The van der Waals surface area contributed by atoms with Crippen LogP contribution in [0.5, 0.6) is 0 Å². The Bertz CT molecular complexity index is 413. The molecular weight excluding hydrogens is 300 g/mol. The number of nitrogens with zero attached hydrogens (tertiary/aromatic N) is 1. The molecule has 0 aromatic heterocycles. The van der Waals surface area contributed by atoms with Crippen LogP contribution < -0.4 is 10.2 Å². The highest BCUT2D eigenvalue weighted by Crippen LogP contribution is 2.28. The summed E-state index contributed by atoms with van der Waals surface area (Å²) in [7, 11) is 0. The van der Waals surface area contributed by atoms with Gasteiger partial charge in [-0.1, -0.05) is 22.9 Å². The number of nitrogens with one attached hydrogen (secondary N) is 1. The number of anilines is 1. The minimum Gasteiger partial charge on any atom is -0.369 e. The first-order valence-corrected chi connectivity index (χ1v) is 8.19. The lowest BCUT2D eigenvalue weighted by molar-refractivity contribution is 0.651. The zero-order chi connectivity index (χ0) is 13.8. The van der Waals surface area contributed by atoms with Gasteiger partial charge in [0.25, 0.3) is 0 Å². The Kier molecular flexibility index (Phi) is 5.28. The monoisotopic (exact) mass is 324 g/mol. The summed E-state index contributed by atoms with van der Waals surface area (Å²) in [6.07, 6.45) is 3.86. The van der Waals surface area contributed by atoms with Gasteiger partial charge in [-0.3, -0.25) is 0 Å². The predicted molar refractivity (Wildman–Crippen MR) is 86.8 cm³/mol. The first kappa shape index (κ1) is 14.9. The minimum atomic E-state index is 0.542. The van der Waals surface area contributed by atoms with E-state index in [0.29, 0.717) is 6.04 Å². The van der Waals surface area contributed by atoms with Crippen molar-refractivity contribution in [2.75, 3.05) is 11.4 Å². The molecule has 0 atom stereocenters. The second-order valence-corrected chi connectivity index (χ2v) is 6.63. The SMILES string of the molecule is CCCN(c1ccc(Br)cc1CNC1CC1)C(C)C. The molecule has 3 heteroatoms. The Morgan fingerprint density at radius 2 is 2.11 bits per heavy atom. The Morgan fingerprint density at radius 1 is 1.37 bits per heavy atom. The standard InChI is InChI=1S/C16H25BrN2/c1-4-9-19(12(2)3)16-8-5-14(17)10-13(16)11-18-15-6-7-15/h5,8,10,12,15,18H,4,6-7,9,11H2,1-3H3. The van der Waals surface area contributed by atoms with E-state index in [2.05, 4.69) is 65.1 Å². The van der Waals surface area contributed by atoms with Gasteiger partial charge in [0.05, 0.1) is 0 Å². The zero-order valence-electron chi connectivity index (χ0n) is 12.2. The van der Waals surface area contributed by atoms with Gasteiger partial charge in [-0.2, -0.15) is 0 Å². The first-order chi connectivity index (χ1) is 9.11. The van der Waals surface area contributed by atoms with Crippen LogP contribution in [0.2, 0.25) is 0 Å². The van der Waals surface area contributed by atoms with Crippen LogP contribution in [0, 0.1) is 0 Å². The van der Waals surface area contributed by atoms with E-state index in [4.69, 9.17) is 0 Å². The molecule has 0 saturated heterocycles. The van der Waals surface area contributed by atoms with Gasteiger partial charge in [-0.25, -0.2) is 0 Å². The van der Waals surface area contributed by atoms with Crippen LogP contribution in [0.15, 0.2) is 22.7 Å². The summed E-state index contributed by atoms with van der Waals surface area (Å²) in [5.41, 5.74) is 2.79. The average Bonchev–Trinajstić information content (AvgIpc) is 3.18. The van der Waals surface area contributed by atoms with E-state index in [9.17, 15) is 0 Å². The minimum absolute atomic E-state index is 0.542. The van der Waals surface area contributed by atoms with E-state index < -0.39 is 0 Å². The van der Waals surface area contributed by atoms with Crippen molar-refractivity contribution in [3.8, 4) is 0 Å². The van der Waals surface area contributed by atoms with E-state index in [1.807, 2.05) is 0 Å². The Hall–Kier alpha value is -0.540. The van der Waals surface area contributed by atoms with E-state index in [1.165, 1.54) is 35.0 Å². The maximum atomic E-state index is 3.63. The van der Waals surface area contributed by atoms with Crippen molar-refractivity contribution in [2.45, 2.75) is 58.7 Å². The molecule has 1 aromatic rings. The van der Waals surface area contributed by atoms with Gasteiger partial charge in [0.15, 0.2) is 0 Å². The van der Waals surface area contributed by atoms with Crippen molar-refractivity contribution < 1.29 is 0 Å². The van der Waals surface area contributed by atoms with Crippen LogP contribution in [0.1, 0.15) is 45.6 Å². The molecule has 0 spiro atoms. The van der Waals surface area contributed by atoms with Crippen molar-refractivity contribution in [1.29, 1.82) is 0 Å². The normalized spacial score (nSPS) is 15.0. The lowest BCUT2D eigenvalue weighted by Gasteiger charge is -2.31. The summed E-state index contributed by atoms with van der Waals surface area (Å²) in [5, 5.41) is 3.63. The molecule has 2 nitrogen and oxygen atoms in total. The number of benzene rings is 1. The van der Waals surface area contributed by atoms with Gasteiger partial charge in [0.1, 0.15) is 0 Å². The molecule has 2 rings (SSSR count). The third-order valence-electron chi connectivity index (χ3n) is 3.60. The molecular formula is C16H25BrN2. The molecule has 1 fully saturated rings. The quantitative estimate of drug-likeness (QED) is 0.803. The molecule has 1 N–H and O–H groups in total. The van der Waals surface area contributed by atoms with Crippen molar-refractivity contribution in [3.63, 3.8) is 0 Å². The molecule has 106 valence electrons. The van der Waals surface area contributed by atoms with Crippen LogP contribution >= 0.6 is 15.9 Å². The highest BCUT2D eigenvalue weighted by molar-refractivity contribution is 9.10. The van der Waals surface area contributed by atoms with Gasteiger partial charge in [-0.15, -0.1) is 0 Å². The fraction of sp³-hybridized carbons (Fsp3) is 0.625. The highest BCUT2D eigenvalue weighted by atomic mass is 79.9. The number of hydrogen-bond donors (Lipinski definition) is 1. The van der Waals surface area contributed by atoms with Crippen molar-refractivity contribution in [2.24, 2.45) is 0 Å². The molecule has 0 bridgehead atoms. The maximum absolute atomic E-state index is 3.63. The molecule has 19 heavy (non-hydrogen) atoms. The third-order valence-corrected chi connectivity index (χ3v) is 4.09. The lowest BCUT2D eigenvalue weighted by atomic mass is 10.1. The van der Waals surface area contributed by atoms with Gasteiger partial charge >= 0.3 is 0 Å². The van der Waals surface area contributed by atoms with Crippen molar-refractivity contribution in [1.82, 2.24) is 5.32 Å². The van der Waals surface area contributed by atoms with Gasteiger partial charge < -0.3 is 10.2 Å². The molecule has 1 aliphatic rings. The highest BCUT2D eigenvalue weighted by Gasteiger charge is 2.21. The molecule has 0 unspecified atom stereocenters. The molecule has 0 heterocycles. The maximum Gasteiger partial charge on any atom is 0.0414 e. The number of rotatable bonds is 7. The molecule has 0 aliphatic heterocycles. The second kappa shape index (κ2) is 6.76. The topological polar surface area (TPSA) is 15.3 Å². The van der Waals surface area contributed by atoms with Gasteiger partial charge in [-0.05, 0) is 56.9 Å². The Morgan fingerprint density at radius 3 is 2.68 bits per heavy atom. The van der Waals surface area contributed by atoms with Gasteiger partial charge in [0.2, 0.25) is 0 Å². The van der Waals surface area contributed by atoms with Crippen molar-refractivity contribution >= 4 is 21.6 Å². The largest absolute Gasteiger partial charge is 0.369 e. The summed E-state index contributed by atoms with van der Waals surface area (Å²) in [4.78, 5) is 2.51. The second-order valence-electron chi connectivity index (χ2n) is 5.72. The third kappa shape index (κ3) is 4.22. The Balaban J connectivity index is 2.19. The summed E-state index contributed by atoms with van der Waals surface area (Å²) >= 11 is 3.60. The van der Waals surface area contributed by atoms with E-state index >= 15 is 0 Å². The smallest absolute Gasteiger partial charge is 0.0414 e. The molecule has 0 radical (unpaired) electrons. The van der Waals surface area contributed by atoms with Crippen LogP contribution in [-0.2, 0) is 6.54 Å². The van der Waals surface area contributed by atoms with E-state index in [-0.39, 0.29) is 0 Å². The van der Waals surface area contributed by atoms with E-state index in [0.717, 1.165) is 19.1 Å². The van der Waals surface area contributed by atoms with Crippen LogP contribution in [0.4, 0.5) is 5.69 Å². The summed E-state index contributed by atoms with van der Waals surface area (Å²) in [5.74, 6) is 0. The van der Waals surface area contributed by atoms with Crippen LogP contribution in [0.3, 0.4) is 0 Å². The summed E-state index contributed by atoms with van der Waals surface area (Å²) < 4.78 is 1.17. The molecule has 0 amide bonds. The summed E-state index contributed by atoms with van der Waals surface area (Å²) in [6.45, 7) is 8.89. The van der Waals surface area contributed by atoms with Crippen LogP contribution in [0.25, 0.3) is 0 Å². The lowest BCUT2D eigenvalue weighted by Crippen LogP contribution is -2.33. The molecule has 1 aromatic carbocycles. The van der Waals surface area contributed by atoms with Crippen LogP contribution in [-0.4, -0.2) is 18.6 Å². The number of hydrogen-bond acceptors (Lipinski definition) is 2. The van der Waals surface area contributed by atoms with Crippen molar-refractivity contribution in [3.05, 3.63) is 28.2 Å². The molecule has 1 aliphatic carbocycles. The fourth-order valence-electron chi connectivity index (χ4n) is 2.42. The zero-order valence-corrected chi connectivity index (χ0v) is 13.8. The Labute approximate surface area is 125 Å². The first-order valence-electron chi connectivity index (χ1n) is 7.40. The van der Waals surface area contributed by atoms with E-state index in [1.54, 1.807) is 0 Å². The number of halogens is 1.